The number of hydrogen-bond acceptors (Lipinski definition) is 2. The van der Waals surface area contributed by atoms with E-state index < -0.39 is 0 Å². The smallest absolute Gasteiger partial charge is 0.0519 e. The molecule has 2 fully saturated rings. The molecule has 95 valence electrons. The molecule has 1 aliphatic carbocycles. The van der Waals surface area contributed by atoms with Crippen molar-refractivity contribution in [2.24, 2.45) is 11.3 Å². The van der Waals surface area contributed by atoms with Gasteiger partial charge in [-0.25, -0.2) is 0 Å². The van der Waals surface area contributed by atoms with Crippen LogP contribution in [-0.2, 0) is 25.2 Å². The van der Waals surface area contributed by atoms with E-state index in [1.807, 2.05) is 0 Å². The standard InChI is InChI=1S/C12H22N2O.Re.Rf/c1-14-8-6-12(7-9-14)4-2-10(3-5-12)11(13)15;;/h10H,2-9H2,1H3,(H2,13,15);;/p-1. The SMILES string of the molecule is CN1CCC2(CCC(C([NH-])=O)CC2)CC1.[Re].[Rf]. The minimum Gasteiger partial charge on any atom is -0.668 e. The van der Waals surface area contributed by atoms with E-state index in [1.165, 1.54) is 38.8 Å². The molecule has 1 aliphatic heterocycles. The largest absolute Gasteiger partial charge is 0.668 e. The zero-order chi connectivity index (χ0) is 10.9. The Morgan fingerprint density at radius 3 is 2.06 bits per heavy atom. The predicted octanol–water partition coefficient (Wildman–Crippen LogP) is 2.46. The Hall–Kier alpha value is -0.908. The first-order valence-electron chi connectivity index (χ1n) is 6.05. The fourth-order valence-corrected chi connectivity index (χ4v) is 3.09. The van der Waals surface area contributed by atoms with Gasteiger partial charge in [0.2, 0.25) is 0 Å². The fourth-order valence-electron chi connectivity index (χ4n) is 3.09. The zero-order valence-electron chi connectivity index (χ0n) is 10.7. The number of carbonyl (C=O) groups is 1. The fraction of sp³-hybridized carbons (Fsp3) is 0.917. The van der Waals surface area contributed by atoms with Crippen LogP contribution >= 0.6 is 0 Å². The minimum atomic E-state index is -0.335. The number of nitrogens with one attached hydrogen (secondary N) is 1. The Labute approximate surface area is 112 Å². The maximum Gasteiger partial charge on any atom is 0.0519 e. The number of nitrogens with zero attached hydrogens (tertiary/aromatic N) is 1. The molecule has 0 aromatic carbocycles. The van der Waals surface area contributed by atoms with Gasteiger partial charge in [0.05, 0.1) is 5.91 Å². The van der Waals surface area contributed by atoms with E-state index in [-0.39, 0.29) is 32.2 Å². The molecular weight excluding hydrogens is 641 g/mol. The summed E-state index contributed by atoms with van der Waals surface area (Å²) in [5, 5.41) is 0. The molecule has 1 saturated heterocycles. The first-order valence-corrected chi connectivity index (χ1v) is 6.05. The van der Waals surface area contributed by atoms with Crippen molar-refractivity contribution in [1.82, 2.24) is 4.90 Å². The van der Waals surface area contributed by atoms with Gasteiger partial charge < -0.3 is 15.4 Å². The van der Waals surface area contributed by atoms with Crippen LogP contribution in [0, 0.1) is 11.3 Å². The van der Waals surface area contributed by atoms with Crippen molar-refractivity contribution < 1.29 is 25.2 Å². The molecule has 0 atom stereocenters. The van der Waals surface area contributed by atoms with E-state index >= 15 is 0 Å². The van der Waals surface area contributed by atoms with Gasteiger partial charge in [-0.05, 0) is 64.1 Å². The third-order valence-electron chi connectivity index (χ3n) is 4.46. The molecule has 2 aliphatic rings. The van der Waals surface area contributed by atoms with Gasteiger partial charge in [0.25, 0.3) is 0 Å². The van der Waals surface area contributed by atoms with E-state index in [2.05, 4.69) is 11.9 Å². The second-order valence-electron chi connectivity index (χ2n) is 5.44. The van der Waals surface area contributed by atoms with Crippen LogP contribution in [0.15, 0.2) is 0 Å². The summed E-state index contributed by atoms with van der Waals surface area (Å²) < 4.78 is 0. The van der Waals surface area contributed by atoms with Crippen molar-refractivity contribution in [2.45, 2.75) is 38.5 Å². The molecular formula is C12H21N2OReRf-. The molecule has 1 heterocycles. The van der Waals surface area contributed by atoms with Crippen LogP contribution in [-0.4, -0.2) is 30.9 Å². The molecule has 3 nitrogen and oxygen atoms in total. The molecule has 1 radical (unpaired) electrons. The van der Waals surface area contributed by atoms with Gasteiger partial charge in [-0.3, -0.25) is 0 Å². The Morgan fingerprint density at radius 1 is 1.18 bits per heavy atom. The van der Waals surface area contributed by atoms with Crippen molar-refractivity contribution in [3.8, 4) is 0 Å². The van der Waals surface area contributed by atoms with Crippen molar-refractivity contribution >= 4 is 5.91 Å². The van der Waals surface area contributed by atoms with Crippen LogP contribution in [0.1, 0.15) is 38.5 Å². The van der Waals surface area contributed by atoms with Gasteiger partial charge in [0.15, 0.2) is 0 Å². The van der Waals surface area contributed by atoms with Crippen molar-refractivity contribution in [2.75, 3.05) is 20.1 Å². The number of rotatable bonds is 1. The molecule has 1 amide bonds. The molecule has 1 saturated carbocycles. The van der Waals surface area contributed by atoms with Crippen molar-refractivity contribution in [3.63, 3.8) is 0 Å². The van der Waals surface area contributed by atoms with Crippen LogP contribution in [0.25, 0.3) is 5.73 Å². The number of piperidine rings is 1. The van der Waals surface area contributed by atoms with E-state index in [1.54, 1.807) is 0 Å². The third kappa shape index (κ3) is 3.52. The van der Waals surface area contributed by atoms with Crippen LogP contribution in [0.3, 0.4) is 0 Å². The molecule has 2 rings (SSSR count). The summed E-state index contributed by atoms with van der Waals surface area (Å²) in [6.45, 7) is 2.42. The number of likely N-dealkylation sites (tertiary alicyclic amines) is 1. The first kappa shape index (κ1) is 16.1. The second kappa shape index (κ2) is 6.14. The first-order chi connectivity index (χ1) is 7.11. The topological polar surface area (TPSA) is 44.1 Å². The van der Waals surface area contributed by atoms with Crippen LogP contribution in [0.4, 0.5) is 0 Å². The normalized spacial score (nSPS) is 24.8. The molecule has 0 unspecified atom stereocenters. The quantitative estimate of drug-likeness (QED) is 0.434. The van der Waals surface area contributed by atoms with Gasteiger partial charge in [-0.15, -0.1) is 0 Å². The van der Waals surface area contributed by atoms with Gasteiger partial charge in [0, 0.05) is 26.3 Å². The monoisotopic (exact) mass is 663 g/mol. The van der Waals surface area contributed by atoms with Crippen LogP contribution in [0.5, 0.6) is 0 Å². The Bertz CT molecular complexity index is 245. The minimum absolute atomic E-state index is 0. The van der Waals surface area contributed by atoms with E-state index in [0.29, 0.717) is 5.41 Å². The molecule has 17 heavy (non-hydrogen) atoms. The van der Waals surface area contributed by atoms with Gasteiger partial charge in [-0.1, -0.05) is 0 Å². The number of amides is 1. The van der Waals surface area contributed by atoms with Crippen molar-refractivity contribution in [3.05, 3.63) is 5.73 Å². The Balaban J connectivity index is 0.00000128. The van der Waals surface area contributed by atoms with Crippen molar-refractivity contribution in [1.29, 1.82) is 0 Å². The van der Waals surface area contributed by atoms with Gasteiger partial charge in [0.1, 0.15) is 0 Å². The summed E-state index contributed by atoms with van der Waals surface area (Å²) >= 11 is 0. The molecule has 0 bridgehead atoms. The molecule has 1 N–H and O–H groups in total. The molecule has 0 aromatic rings. The molecule has 5 heteroatoms. The van der Waals surface area contributed by atoms with E-state index in [9.17, 15) is 4.79 Å². The van der Waals surface area contributed by atoms with Crippen LogP contribution in [0.2, 0.25) is 0 Å². The number of hydrogen-bond donors (Lipinski definition) is 0. The average molecular weight is 663 g/mol. The van der Waals surface area contributed by atoms with Gasteiger partial charge >= 0.3 is 0 Å². The summed E-state index contributed by atoms with van der Waals surface area (Å²) in [5.74, 6) is -0.284. The summed E-state index contributed by atoms with van der Waals surface area (Å²) in [6.07, 6.45) is 6.87. The van der Waals surface area contributed by atoms with E-state index in [4.69, 9.17) is 5.73 Å². The average Bonchev–Trinajstić information content (AvgIpc) is 2.24. The Kier molecular flexibility index (Phi) is 5.81. The third-order valence-corrected chi connectivity index (χ3v) is 4.46. The summed E-state index contributed by atoms with van der Waals surface area (Å²) in [4.78, 5) is 13.4. The zero-order valence-corrected chi connectivity index (χ0v) is 19.8. The Morgan fingerprint density at radius 2 is 1.65 bits per heavy atom. The second-order valence-corrected chi connectivity index (χ2v) is 5.44. The maximum absolute atomic E-state index is 11.0. The van der Waals surface area contributed by atoms with Crippen LogP contribution < -0.4 is 0 Å². The van der Waals surface area contributed by atoms with E-state index in [0.717, 1.165) is 12.8 Å². The van der Waals surface area contributed by atoms with Gasteiger partial charge in [-0.2, -0.15) is 0 Å². The summed E-state index contributed by atoms with van der Waals surface area (Å²) in [5.41, 5.74) is 7.69. The summed E-state index contributed by atoms with van der Waals surface area (Å²) in [7, 11) is 2.19. The maximum atomic E-state index is 11.0. The predicted molar refractivity (Wildman–Crippen MR) is 60.5 cm³/mol. The molecule has 1 spiro atoms. The summed E-state index contributed by atoms with van der Waals surface area (Å²) in [6, 6.07) is 0. The molecule has 0 aromatic heterocycles. The number of carbonyl (C=O) groups excluding carboxylic acids is 1.